The molecule has 0 saturated carbocycles. The molecule has 1 aromatic heterocycles. The number of rotatable bonds is 5. The third-order valence-corrected chi connectivity index (χ3v) is 3.75. The van der Waals surface area contributed by atoms with E-state index in [1.807, 2.05) is 30.3 Å². The first-order chi connectivity index (χ1) is 12.6. The highest BCUT2D eigenvalue weighted by Gasteiger charge is 2.15. The minimum Gasteiger partial charge on any atom is -0.497 e. The van der Waals surface area contributed by atoms with E-state index in [-0.39, 0.29) is 5.56 Å². The van der Waals surface area contributed by atoms with Crippen LogP contribution in [-0.4, -0.2) is 30.1 Å². The van der Waals surface area contributed by atoms with Crippen LogP contribution in [0.5, 0.6) is 11.5 Å². The predicted molar refractivity (Wildman–Crippen MR) is 97.8 cm³/mol. The average Bonchev–Trinajstić information content (AvgIpc) is 2.68. The van der Waals surface area contributed by atoms with Crippen LogP contribution in [0.3, 0.4) is 0 Å². The number of amides is 1. The zero-order valence-electron chi connectivity index (χ0n) is 14.3. The summed E-state index contributed by atoms with van der Waals surface area (Å²) in [7, 11) is 3.01. The first-order valence-corrected chi connectivity index (χ1v) is 7.80. The van der Waals surface area contributed by atoms with Crippen molar-refractivity contribution in [1.82, 2.24) is 9.97 Å². The monoisotopic (exact) mass is 351 g/mol. The summed E-state index contributed by atoms with van der Waals surface area (Å²) in [5, 5.41) is 2.65. The van der Waals surface area contributed by atoms with Crippen LogP contribution >= 0.6 is 0 Å². The summed E-state index contributed by atoms with van der Waals surface area (Å²) in [4.78, 5) is 31.5. The van der Waals surface area contributed by atoms with Crippen LogP contribution in [0.25, 0.3) is 11.4 Å². The highest BCUT2D eigenvalue weighted by atomic mass is 16.5. The van der Waals surface area contributed by atoms with Crippen LogP contribution < -0.4 is 20.3 Å². The molecule has 2 aromatic carbocycles. The van der Waals surface area contributed by atoms with Gasteiger partial charge in [-0.05, 0) is 12.1 Å². The number of nitrogens with one attached hydrogen (secondary N) is 2. The average molecular weight is 351 g/mol. The molecule has 0 unspecified atom stereocenters. The number of H-pyrrole nitrogens is 1. The second-order valence-corrected chi connectivity index (χ2v) is 5.36. The molecule has 0 aliphatic carbocycles. The Balaban J connectivity index is 1.86. The fourth-order valence-corrected chi connectivity index (χ4v) is 2.39. The van der Waals surface area contributed by atoms with E-state index < -0.39 is 11.5 Å². The predicted octanol–water partition coefficient (Wildman–Crippen LogP) is 2.71. The number of aromatic nitrogens is 2. The van der Waals surface area contributed by atoms with Crippen molar-refractivity contribution in [2.24, 2.45) is 0 Å². The van der Waals surface area contributed by atoms with Gasteiger partial charge in [0.2, 0.25) is 0 Å². The van der Waals surface area contributed by atoms with Crippen molar-refractivity contribution in [2.75, 3.05) is 19.5 Å². The third-order valence-electron chi connectivity index (χ3n) is 3.75. The van der Waals surface area contributed by atoms with Gasteiger partial charge in [0.25, 0.3) is 11.5 Å². The zero-order chi connectivity index (χ0) is 18.5. The molecular formula is C19H17N3O4. The van der Waals surface area contributed by atoms with Gasteiger partial charge in [-0.3, -0.25) is 9.59 Å². The second-order valence-electron chi connectivity index (χ2n) is 5.36. The van der Waals surface area contributed by atoms with Crippen molar-refractivity contribution in [1.29, 1.82) is 0 Å². The third kappa shape index (κ3) is 3.56. The highest BCUT2D eigenvalue weighted by molar-refractivity contribution is 6.04. The minimum atomic E-state index is -0.582. The molecule has 1 heterocycles. The van der Waals surface area contributed by atoms with E-state index >= 15 is 0 Å². The van der Waals surface area contributed by atoms with Gasteiger partial charge in [0.05, 0.1) is 19.9 Å². The molecule has 2 N–H and O–H groups in total. The molecule has 3 rings (SSSR count). The smallest absolute Gasteiger partial charge is 0.264 e. The number of hydrogen-bond acceptors (Lipinski definition) is 5. The highest BCUT2D eigenvalue weighted by Crippen LogP contribution is 2.29. The summed E-state index contributed by atoms with van der Waals surface area (Å²) in [6, 6.07) is 14.1. The molecular weight excluding hydrogens is 334 g/mol. The van der Waals surface area contributed by atoms with Crippen molar-refractivity contribution in [3.05, 3.63) is 70.6 Å². The number of carbonyl (C=O) groups excluding carboxylic acids is 1. The summed E-state index contributed by atoms with van der Waals surface area (Å²) < 4.78 is 10.4. The van der Waals surface area contributed by atoms with Gasteiger partial charge in [-0.25, -0.2) is 4.98 Å². The molecule has 1 amide bonds. The number of carbonyl (C=O) groups is 1. The summed E-state index contributed by atoms with van der Waals surface area (Å²) in [5.41, 5.74) is 0.560. The van der Waals surface area contributed by atoms with Crippen LogP contribution in [0.1, 0.15) is 10.4 Å². The molecule has 0 radical (unpaired) electrons. The molecule has 7 heteroatoms. The Bertz CT molecular complexity index is 984. The number of benzene rings is 2. The Morgan fingerprint density at radius 3 is 2.50 bits per heavy atom. The lowest BCUT2D eigenvalue weighted by atomic mass is 10.2. The fraction of sp³-hybridized carbons (Fsp3) is 0.105. The van der Waals surface area contributed by atoms with E-state index in [4.69, 9.17) is 9.47 Å². The standard InChI is InChI=1S/C19H17N3O4/c1-25-13-8-9-15(16(10-13)26-2)21-18(23)14-11-20-17(22-19(14)24)12-6-4-3-5-7-12/h3-11H,1-2H3,(H,21,23)(H,20,22,24). The maximum absolute atomic E-state index is 12.4. The topological polar surface area (TPSA) is 93.3 Å². The lowest BCUT2D eigenvalue weighted by Crippen LogP contribution is -2.24. The maximum Gasteiger partial charge on any atom is 0.264 e. The van der Waals surface area contributed by atoms with Gasteiger partial charge in [0, 0.05) is 17.8 Å². The van der Waals surface area contributed by atoms with Crippen LogP contribution in [-0.2, 0) is 0 Å². The summed E-state index contributed by atoms with van der Waals surface area (Å²) in [6.45, 7) is 0. The first kappa shape index (κ1) is 17.2. The summed E-state index contributed by atoms with van der Waals surface area (Å²) in [6.07, 6.45) is 1.26. The van der Waals surface area contributed by atoms with Gasteiger partial charge >= 0.3 is 0 Å². The Hall–Kier alpha value is -3.61. The van der Waals surface area contributed by atoms with E-state index in [0.717, 1.165) is 5.56 Å². The largest absolute Gasteiger partial charge is 0.497 e. The van der Waals surface area contributed by atoms with Crippen molar-refractivity contribution in [3.63, 3.8) is 0 Å². The van der Waals surface area contributed by atoms with Crippen molar-refractivity contribution >= 4 is 11.6 Å². The Morgan fingerprint density at radius 1 is 1.08 bits per heavy atom. The molecule has 0 atom stereocenters. The Labute approximate surface area is 149 Å². The Kier molecular flexibility index (Phi) is 4.98. The van der Waals surface area contributed by atoms with E-state index in [2.05, 4.69) is 15.3 Å². The van der Waals surface area contributed by atoms with E-state index in [0.29, 0.717) is 23.0 Å². The number of nitrogens with zero attached hydrogens (tertiary/aromatic N) is 1. The molecule has 0 fully saturated rings. The fourth-order valence-electron chi connectivity index (χ4n) is 2.39. The van der Waals surface area contributed by atoms with Crippen LogP contribution in [0.2, 0.25) is 0 Å². The molecule has 0 saturated heterocycles. The number of methoxy groups -OCH3 is 2. The van der Waals surface area contributed by atoms with E-state index in [1.54, 1.807) is 18.2 Å². The maximum atomic E-state index is 12.4. The van der Waals surface area contributed by atoms with E-state index in [1.165, 1.54) is 20.4 Å². The first-order valence-electron chi connectivity index (χ1n) is 7.80. The van der Waals surface area contributed by atoms with Gasteiger partial charge in [-0.15, -0.1) is 0 Å². The van der Waals surface area contributed by atoms with Crippen molar-refractivity contribution in [3.8, 4) is 22.9 Å². The molecule has 0 aliphatic heterocycles. The quantitative estimate of drug-likeness (QED) is 0.737. The van der Waals surface area contributed by atoms with Crippen LogP contribution in [0, 0.1) is 0 Å². The van der Waals surface area contributed by atoms with Crippen LogP contribution in [0.4, 0.5) is 5.69 Å². The van der Waals surface area contributed by atoms with Crippen LogP contribution in [0.15, 0.2) is 59.5 Å². The summed E-state index contributed by atoms with van der Waals surface area (Å²) in [5.74, 6) is 0.825. The normalized spacial score (nSPS) is 10.2. The molecule has 3 aromatic rings. The Morgan fingerprint density at radius 2 is 1.85 bits per heavy atom. The summed E-state index contributed by atoms with van der Waals surface area (Å²) >= 11 is 0. The second kappa shape index (κ2) is 7.52. The lowest BCUT2D eigenvalue weighted by Gasteiger charge is -2.11. The zero-order valence-corrected chi connectivity index (χ0v) is 14.3. The minimum absolute atomic E-state index is 0.0949. The molecule has 0 bridgehead atoms. The van der Waals surface area contributed by atoms with Gasteiger partial charge in [-0.2, -0.15) is 0 Å². The number of hydrogen-bond donors (Lipinski definition) is 2. The van der Waals surface area contributed by atoms with E-state index in [9.17, 15) is 9.59 Å². The van der Waals surface area contributed by atoms with Crippen molar-refractivity contribution in [2.45, 2.75) is 0 Å². The van der Waals surface area contributed by atoms with Gasteiger partial charge in [0.1, 0.15) is 22.9 Å². The number of ether oxygens (including phenoxy) is 2. The molecule has 0 spiro atoms. The lowest BCUT2D eigenvalue weighted by molar-refractivity contribution is 0.102. The SMILES string of the molecule is COc1ccc(NC(=O)c2cnc(-c3ccccc3)[nH]c2=O)c(OC)c1. The van der Waals surface area contributed by atoms with Gasteiger partial charge in [0.15, 0.2) is 0 Å². The molecule has 26 heavy (non-hydrogen) atoms. The number of aromatic amines is 1. The van der Waals surface area contributed by atoms with Gasteiger partial charge < -0.3 is 19.8 Å². The molecule has 0 aliphatic rings. The molecule has 7 nitrogen and oxygen atoms in total. The number of anilines is 1. The van der Waals surface area contributed by atoms with Gasteiger partial charge in [-0.1, -0.05) is 30.3 Å². The molecule has 132 valence electrons. The van der Waals surface area contributed by atoms with Crippen molar-refractivity contribution < 1.29 is 14.3 Å².